The van der Waals surface area contributed by atoms with E-state index in [1.807, 2.05) is 20.2 Å². The Morgan fingerprint density at radius 1 is 1.11 bits per heavy atom. The largest absolute Gasteiger partial charge is 0.378 e. The van der Waals surface area contributed by atoms with Crippen LogP contribution in [0.15, 0.2) is 11.8 Å². The van der Waals surface area contributed by atoms with Gasteiger partial charge in [-0.25, -0.2) is 4.58 Å². The van der Waals surface area contributed by atoms with E-state index in [1.54, 1.807) is 0 Å². The summed E-state index contributed by atoms with van der Waals surface area (Å²) in [5.74, 6) is 0. The fourth-order valence-electron chi connectivity index (χ4n) is 2.09. The van der Waals surface area contributed by atoms with Crippen molar-refractivity contribution in [1.29, 1.82) is 0 Å². The van der Waals surface area contributed by atoms with Gasteiger partial charge in [-0.15, -0.1) is 0 Å². The molecule has 0 fully saturated rings. The van der Waals surface area contributed by atoms with Crippen LogP contribution in [-0.2, 0) is 0 Å². The zero-order chi connectivity index (χ0) is 14.7. The average molecular weight is 275 g/mol. The molecule has 0 amide bonds. The molecule has 0 aliphatic carbocycles. The summed E-state index contributed by atoms with van der Waals surface area (Å²) in [6.45, 7) is 5.23. The van der Waals surface area contributed by atoms with E-state index in [-0.39, 0.29) is 13.3 Å². The molecule has 0 aromatic heterocycles. The standard InChI is InChI=1S/C15H29F2N2/c1-5-11-18(3)14(7-9-16)13-15(8-10-17)19(4)12-6-2/h13H,5-12H2,1-4H3/q+1. The van der Waals surface area contributed by atoms with Crippen molar-refractivity contribution in [2.75, 3.05) is 40.5 Å². The molecule has 112 valence electrons. The molecule has 4 heteroatoms. The van der Waals surface area contributed by atoms with Crippen molar-refractivity contribution in [2.24, 2.45) is 0 Å². The van der Waals surface area contributed by atoms with Gasteiger partial charge >= 0.3 is 0 Å². The minimum Gasteiger partial charge on any atom is -0.378 e. The van der Waals surface area contributed by atoms with Crippen LogP contribution in [0.25, 0.3) is 0 Å². The summed E-state index contributed by atoms with van der Waals surface area (Å²) in [5.41, 5.74) is 1.91. The molecule has 0 N–H and O–H groups in total. The first-order chi connectivity index (χ1) is 9.10. The second-order valence-corrected chi connectivity index (χ2v) is 4.85. The van der Waals surface area contributed by atoms with Gasteiger partial charge in [0.25, 0.3) is 0 Å². The number of allylic oxidation sites excluding steroid dienone is 2. The van der Waals surface area contributed by atoms with Gasteiger partial charge in [0.15, 0.2) is 5.71 Å². The van der Waals surface area contributed by atoms with Crippen molar-refractivity contribution < 1.29 is 13.4 Å². The third-order valence-corrected chi connectivity index (χ3v) is 3.13. The fraction of sp³-hybridized carbons (Fsp3) is 0.800. The summed E-state index contributed by atoms with van der Waals surface area (Å²) in [7, 11) is 3.94. The Morgan fingerprint density at radius 2 is 1.74 bits per heavy atom. The third-order valence-electron chi connectivity index (χ3n) is 3.13. The molecule has 0 aromatic carbocycles. The third kappa shape index (κ3) is 7.28. The van der Waals surface area contributed by atoms with Gasteiger partial charge in [-0.3, -0.25) is 8.78 Å². The first-order valence-electron chi connectivity index (χ1n) is 7.21. The van der Waals surface area contributed by atoms with E-state index in [4.69, 9.17) is 0 Å². The number of hydrogen-bond acceptors (Lipinski definition) is 1. The number of halogens is 2. The summed E-state index contributed by atoms with van der Waals surface area (Å²) >= 11 is 0. The van der Waals surface area contributed by atoms with Gasteiger partial charge in [0, 0.05) is 38.2 Å². The summed E-state index contributed by atoms with van der Waals surface area (Å²) in [5, 5.41) is 0. The number of nitrogens with zero attached hydrogens (tertiary/aromatic N) is 2. The molecule has 0 atom stereocenters. The molecule has 0 aromatic rings. The van der Waals surface area contributed by atoms with E-state index in [2.05, 4.69) is 23.3 Å². The van der Waals surface area contributed by atoms with Crippen LogP contribution in [-0.4, -0.2) is 55.7 Å². The lowest BCUT2D eigenvalue weighted by Gasteiger charge is -2.21. The van der Waals surface area contributed by atoms with Crippen molar-refractivity contribution in [1.82, 2.24) is 4.90 Å². The Hall–Kier alpha value is -0.930. The maximum absolute atomic E-state index is 12.7. The van der Waals surface area contributed by atoms with Crippen LogP contribution in [0.1, 0.15) is 39.5 Å². The number of rotatable bonds is 10. The lowest BCUT2D eigenvalue weighted by Crippen LogP contribution is -2.23. The highest BCUT2D eigenvalue weighted by atomic mass is 19.1. The topological polar surface area (TPSA) is 6.25 Å². The Morgan fingerprint density at radius 3 is 2.21 bits per heavy atom. The van der Waals surface area contributed by atoms with Crippen molar-refractivity contribution in [3.8, 4) is 0 Å². The van der Waals surface area contributed by atoms with Crippen molar-refractivity contribution in [2.45, 2.75) is 39.5 Å². The highest BCUT2D eigenvalue weighted by Gasteiger charge is 2.12. The average Bonchev–Trinajstić information content (AvgIpc) is 2.37. The fourth-order valence-corrected chi connectivity index (χ4v) is 2.09. The van der Waals surface area contributed by atoms with E-state index in [0.29, 0.717) is 12.8 Å². The van der Waals surface area contributed by atoms with Gasteiger partial charge in [0.2, 0.25) is 0 Å². The van der Waals surface area contributed by atoms with E-state index >= 15 is 0 Å². The molecule has 0 spiro atoms. The molecule has 0 unspecified atom stereocenters. The number of hydrogen-bond donors (Lipinski definition) is 0. The SMILES string of the molecule is CCCN(C)/C(=C\C(CCF)=[N+](C)CCC)CCF. The molecule has 0 aliphatic heterocycles. The smallest absolute Gasteiger partial charge is 0.180 e. The predicted octanol–water partition coefficient (Wildman–Crippen LogP) is 3.42. The van der Waals surface area contributed by atoms with Gasteiger partial charge in [-0.05, 0) is 6.42 Å². The molecule has 0 bridgehead atoms. The normalized spacial score (nSPS) is 13.5. The lowest BCUT2D eigenvalue weighted by molar-refractivity contribution is -0.497. The quantitative estimate of drug-likeness (QED) is 0.437. The zero-order valence-electron chi connectivity index (χ0n) is 12.9. The molecule has 0 saturated heterocycles. The van der Waals surface area contributed by atoms with Crippen LogP contribution in [0.2, 0.25) is 0 Å². The molecule has 0 saturated carbocycles. The summed E-state index contributed by atoms with van der Waals surface area (Å²) in [4.78, 5) is 2.07. The molecule has 19 heavy (non-hydrogen) atoms. The maximum Gasteiger partial charge on any atom is 0.180 e. The molecular weight excluding hydrogens is 246 g/mol. The molecule has 0 heterocycles. The van der Waals surface area contributed by atoms with Gasteiger partial charge < -0.3 is 4.90 Å². The second kappa shape index (κ2) is 10.9. The second-order valence-electron chi connectivity index (χ2n) is 4.85. The molecule has 0 rings (SSSR count). The molecule has 0 aliphatic rings. The van der Waals surface area contributed by atoms with E-state index < -0.39 is 0 Å². The predicted molar refractivity (Wildman–Crippen MR) is 78.5 cm³/mol. The maximum atomic E-state index is 12.7. The van der Waals surface area contributed by atoms with Crippen molar-refractivity contribution >= 4 is 5.71 Å². The Kier molecular flexibility index (Phi) is 10.4. The highest BCUT2D eigenvalue weighted by molar-refractivity contribution is 5.91. The lowest BCUT2D eigenvalue weighted by atomic mass is 10.1. The molecule has 2 nitrogen and oxygen atoms in total. The Bertz CT molecular complexity index is 299. The Labute approximate surface area is 116 Å². The highest BCUT2D eigenvalue weighted by Crippen LogP contribution is 2.10. The van der Waals surface area contributed by atoms with Crippen LogP contribution in [0.5, 0.6) is 0 Å². The van der Waals surface area contributed by atoms with Crippen LogP contribution in [0, 0.1) is 0 Å². The molecular formula is C15H29F2N2+. The van der Waals surface area contributed by atoms with Crippen molar-refractivity contribution in [3.05, 3.63) is 11.8 Å². The van der Waals surface area contributed by atoms with Crippen LogP contribution in [0.3, 0.4) is 0 Å². The first kappa shape index (κ1) is 18.1. The van der Waals surface area contributed by atoms with Crippen LogP contribution < -0.4 is 0 Å². The first-order valence-corrected chi connectivity index (χ1v) is 7.21. The van der Waals surface area contributed by atoms with Gasteiger partial charge in [-0.2, -0.15) is 0 Å². The summed E-state index contributed by atoms with van der Waals surface area (Å²) < 4.78 is 27.4. The minimum atomic E-state index is -0.375. The van der Waals surface area contributed by atoms with E-state index in [0.717, 1.165) is 37.3 Å². The summed E-state index contributed by atoms with van der Waals surface area (Å²) in [6.07, 6.45) is 4.79. The van der Waals surface area contributed by atoms with Crippen LogP contribution in [0.4, 0.5) is 8.78 Å². The minimum absolute atomic E-state index is 0.375. The summed E-state index contributed by atoms with van der Waals surface area (Å²) in [6, 6.07) is 0. The molecule has 0 radical (unpaired) electrons. The van der Waals surface area contributed by atoms with E-state index in [1.165, 1.54) is 0 Å². The van der Waals surface area contributed by atoms with Gasteiger partial charge in [-0.1, -0.05) is 13.8 Å². The van der Waals surface area contributed by atoms with Crippen LogP contribution >= 0.6 is 0 Å². The monoisotopic (exact) mass is 275 g/mol. The van der Waals surface area contributed by atoms with Gasteiger partial charge in [0.1, 0.15) is 13.6 Å². The van der Waals surface area contributed by atoms with Crippen molar-refractivity contribution in [3.63, 3.8) is 0 Å². The van der Waals surface area contributed by atoms with Gasteiger partial charge in [0.05, 0.1) is 19.8 Å². The number of alkyl halides is 2. The Balaban J connectivity index is 5.15. The van der Waals surface area contributed by atoms with E-state index in [9.17, 15) is 8.78 Å². The zero-order valence-corrected chi connectivity index (χ0v) is 12.9.